The number of aromatic nitrogens is 1. The van der Waals surface area contributed by atoms with Gasteiger partial charge in [0.25, 0.3) is 5.56 Å². The average Bonchev–Trinajstić information content (AvgIpc) is 2.74. The maximum Gasteiger partial charge on any atom is 0.261 e. The lowest BCUT2D eigenvalue weighted by Gasteiger charge is -2.25. The van der Waals surface area contributed by atoms with E-state index in [0.717, 1.165) is 24.1 Å². The lowest BCUT2D eigenvalue weighted by atomic mass is 9.95. The highest BCUT2D eigenvalue weighted by Crippen LogP contribution is 2.23. The van der Waals surface area contributed by atoms with Gasteiger partial charge in [-0.2, -0.15) is 0 Å². The molecule has 1 aromatic heterocycles. The van der Waals surface area contributed by atoms with E-state index in [1.54, 1.807) is 12.4 Å². The van der Waals surface area contributed by atoms with Crippen LogP contribution in [-0.4, -0.2) is 28.6 Å². The Morgan fingerprint density at radius 2 is 2.13 bits per heavy atom. The molecule has 1 aromatic carbocycles. The molecule has 1 fully saturated rings. The van der Waals surface area contributed by atoms with Crippen molar-refractivity contribution in [3.63, 3.8) is 0 Å². The third-order valence-corrected chi connectivity index (χ3v) is 5.34. The van der Waals surface area contributed by atoms with Gasteiger partial charge in [0.15, 0.2) is 0 Å². The molecule has 0 spiro atoms. The van der Waals surface area contributed by atoms with E-state index in [-0.39, 0.29) is 11.4 Å². The summed E-state index contributed by atoms with van der Waals surface area (Å²) in [6.45, 7) is 5.77. The normalized spacial score (nSPS) is 14.7. The van der Waals surface area contributed by atoms with Gasteiger partial charge in [-0.15, -0.1) is 0 Å². The second-order valence-corrected chi connectivity index (χ2v) is 7.88. The maximum atomic E-state index is 12.5. The van der Waals surface area contributed by atoms with E-state index in [1.807, 2.05) is 37.3 Å². The van der Waals surface area contributed by atoms with Crippen molar-refractivity contribution in [2.24, 2.45) is 10.8 Å². The number of H-pyrrole nitrogens is 1. The van der Waals surface area contributed by atoms with Crippen LogP contribution in [0.3, 0.4) is 0 Å². The quantitative estimate of drug-likeness (QED) is 0.192. The molecule has 1 aliphatic rings. The molecule has 2 aromatic rings. The standard InChI is InChI=1S/C23H31N7O/c1-16(26-2)14-30(25)15-17-7-6-10-19(13-17)29-22(24)21-20(11-12-27-23(21)31)28-18-8-4-3-5-9-18/h6-7,10-14,18H,2-5,8-9,15,25H2,1H3,(H2,24,29)(H2,27,28,31)/b16-14-. The third-order valence-electron chi connectivity index (χ3n) is 5.34. The molecule has 1 saturated carbocycles. The highest BCUT2D eigenvalue weighted by Gasteiger charge is 2.18. The smallest absolute Gasteiger partial charge is 0.261 e. The number of aromatic amines is 1. The van der Waals surface area contributed by atoms with Crippen molar-refractivity contribution in [3.05, 3.63) is 69.9 Å². The van der Waals surface area contributed by atoms with Gasteiger partial charge in [-0.1, -0.05) is 31.4 Å². The average molecular weight is 422 g/mol. The minimum Gasteiger partial charge on any atom is -0.382 e. The second kappa shape index (κ2) is 10.6. The summed E-state index contributed by atoms with van der Waals surface area (Å²) in [7, 11) is 0. The number of amidine groups is 1. The molecule has 164 valence electrons. The molecule has 31 heavy (non-hydrogen) atoms. The van der Waals surface area contributed by atoms with Crippen LogP contribution in [0.4, 0.5) is 11.4 Å². The van der Waals surface area contributed by atoms with Gasteiger partial charge in [0.05, 0.1) is 17.9 Å². The summed E-state index contributed by atoms with van der Waals surface area (Å²) in [5, 5.41) is 16.6. The highest BCUT2D eigenvalue weighted by molar-refractivity contribution is 6.09. The van der Waals surface area contributed by atoms with Crippen molar-refractivity contribution in [3.8, 4) is 0 Å². The van der Waals surface area contributed by atoms with Crippen LogP contribution in [-0.2, 0) is 6.54 Å². The van der Waals surface area contributed by atoms with Crippen LogP contribution in [0.1, 0.15) is 50.2 Å². The number of pyridine rings is 1. The Labute approximate surface area is 182 Å². The maximum absolute atomic E-state index is 12.5. The van der Waals surface area contributed by atoms with E-state index in [1.165, 1.54) is 24.3 Å². The molecular formula is C23H31N7O. The molecule has 0 bridgehead atoms. The van der Waals surface area contributed by atoms with E-state index in [4.69, 9.17) is 11.3 Å². The highest BCUT2D eigenvalue weighted by atomic mass is 16.1. The minimum absolute atomic E-state index is 0.0495. The van der Waals surface area contributed by atoms with Gasteiger partial charge in [-0.25, -0.2) is 5.84 Å². The summed E-state index contributed by atoms with van der Waals surface area (Å²) in [6, 6.07) is 9.76. The van der Waals surface area contributed by atoms with Crippen molar-refractivity contribution in [2.45, 2.75) is 51.6 Å². The Bertz CT molecular complexity index is 1000. The fraction of sp³-hybridized carbons (Fsp3) is 0.348. The molecule has 3 rings (SSSR count). The number of hydrazine groups is 1. The van der Waals surface area contributed by atoms with Gasteiger partial charge in [-0.05, 0) is 50.2 Å². The topological polar surface area (TPSA) is 122 Å². The summed E-state index contributed by atoms with van der Waals surface area (Å²) in [4.78, 5) is 19.1. The Morgan fingerprint density at radius 1 is 1.35 bits per heavy atom. The Hall–Kier alpha value is -3.39. The van der Waals surface area contributed by atoms with Crippen LogP contribution in [0.2, 0.25) is 0 Å². The van der Waals surface area contributed by atoms with Gasteiger partial charge in [0.1, 0.15) is 11.4 Å². The van der Waals surface area contributed by atoms with Gasteiger partial charge in [-0.3, -0.25) is 15.2 Å². The zero-order valence-electron chi connectivity index (χ0n) is 17.9. The van der Waals surface area contributed by atoms with Crippen LogP contribution in [0.5, 0.6) is 0 Å². The first kappa shape index (κ1) is 22.3. The molecular weight excluding hydrogens is 390 g/mol. The first-order valence-corrected chi connectivity index (χ1v) is 10.6. The predicted molar refractivity (Wildman–Crippen MR) is 127 cm³/mol. The molecule has 0 atom stereocenters. The molecule has 0 aliphatic heterocycles. The Kier molecular flexibility index (Phi) is 7.61. The lowest BCUT2D eigenvalue weighted by molar-refractivity contribution is 0.383. The summed E-state index contributed by atoms with van der Waals surface area (Å²) in [6.07, 6.45) is 9.13. The van der Waals surface area contributed by atoms with Crippen LogP contribution in [0.25, 0.3) is 0 Å². The summed E-state index contributed by atoms with van der Waals surface area (Å²) in [5.74, 6) is 6.06. The Balaban J connectivity index is 1.74. The van der Waals surface area contributed by atoms with Crippen molar-refractivity contribution >= 4 is 23.9 Å². The zero-order valence-corrected chi connectivity index (χ0v) is 17.9. The zero-order chi connectivity index (χ0) is 22.2. The van der Waals surface area contributed by atoms with E-state index < -0.39 is 0 Å². The van der Waals surface area contributed by atoms with Gasteiger partial charge in [0, 0.05) is 24.1 Å². The number of benzene rings is 1. The molecule has 1 heterocycles. The van der Waals surface area contributed by atoms with Crippen molar-refractivity contribution in [2.75, 3.05) is 10.6 Å². The van der Waals surface area contributed by atoms with Crippen LogP contribution in [0, 0.1) is 5.41 Å². The first-order chi connectivity index (χ1) is 15.0. The number of allylic oxidation sites excluding steroid dienone is 1. The van der Waals surface area contributed by atoms with Crippen molar-refractivity contribution in [1.29, 1.82) is 5.41 Å². The number of nitrogens with zero attached hydrogens (tertiary/aromatic N) is 2. The van der Waals surface area contributed by atoms with Gasteiger partial charge < -0.3 is 20.6 Å². The number of hydrogen-bond donors (Lipinski definition) is 5. The number of nitrogens with one attached hydrogen (secondary N) is 4. The molecule has 8 nitrogen and oxygen atoms in total. The van der Waals surface area contributed by atoms with E-state index in [0.29, 0.717) is 29.5 Å². The number of aliphatic imine (C=N–C) groups is 1. The minimum atomic E-state index is -0.292. The predicted octanol–water partition coefficient (Wildman–Crippen LogP) is 3.79. The fourth-order valence-electron chi connectivity index (χ4n) is 3.81. The van der Waals surface area contributed by atoms with Crippen LogP contribution in [0.15, 0.2) is 58.2 Å². The largest absolute Gasteiger partial charge is 0.382 e. The molecule has 1 aliphatic carbocycles. The number of hydrogen-bond acceptors (Lipinski definition) is 6. The number of anilines is 2. The van der Waals surface area contributed by atoms with Gasteiger partial charge in [0.2, 0.25) is 0 Å². The number of rotatable bonds is 8. The second-order valence-electron chi connectivity index (χ2n) is 7.88. The molecule has 0 unspecified atom stereocenters. The molecule has 8 heteroatoms. The molecule has 0 radical (unpaired) electrons. The van der Waals surface area contributed by atoms with Crippen molar-refractivity contribution < 1.29 is 0 Å². The lowest BCUT2D eigenvalue weighted by Crippen LogP contribution is -2.29. The summed E-state index contributed by atoms with van der Waals surface area (Å²) >= 11 is 0. The molecule has 0 saturated heterocycles. The van der Waals surface area contributed by atoms with Crippen LogP contribution >= 0.6 is 0 Å². The summed E-state index contributed by atoms with van der Waals surface area (Å²) in [5.41, 5.74) is 3.10. The Morgan fingerprint density at radius 3 is 2.87 bits per heavy atom. The third kappa shape index (κ3) is 6.29. The fourth-order valence-corrected chi connectivity index (χ4v) is 3.81. The SMILES string of the molecule is C=N/C(C)=C\N(N)Cc1cccc(NC(=N)c2c(NC3CCCCC3)cc[nH]c2=O)c1. The van der Waals surface area contributed by atoms with Crippen molar-refractivity contribution in [1.82, 2.24) is 9.99 Å². The molecule has 6 N–H and O–H groups in total. The van der Waals surface area contributed by atoms with E-state index >= 15 is 0 Å². The van der Waals surface area contributed by atoms with Gasteiger partial charge >= 0.3 is 0 Å². The first-order valence-electron chi connectivity index (χ1n) is 10.6. The number of nitrogens with two attached hydrogens (primary N) is 1. The molecule has 0 amide bonds. The van der Waals surface area contributed by atoms with Crippen LogP contribution < -0.4 is 22.0 Å². The monoisotopic (exact) mass is 421 g/mol. The van der Waals surface area contributed by atoms with E-state index in [9.17, 15) is 4.79 Å². The van der Waals surface area contributed by atoms with E-state index in [2.05, 4.69) is 27.3 Å². The summed E-state index contributed by atoms with van der Waals surface area (Å²) < 4.78 is 0.